The highest BCUT2D eigenvalue weighted by Crippen LogP contribution is 2.36. The number of benzene rings is 2. The van der Waals surface area contributed by atoms with Gasteiger partial charge in [-0.2, -0.15) is 0 Å². The Balaban J connectivity index is 0.000000640. The Morgan fingerprint density at radius 1 is 1.07 bits per heavy atom. The second-order valence-electron chi connectivity index (χ2n) is 8.29. The van der Waals surface area contributed by atoms with Gasteiger partial charge < -0.3 is 14.8 Å². The number of aliphatic carboxylic acids is 1. The van der Waals surface area contributed by atoms with Crippen molar-refractivity contribution in [3.8, 4) is 0 Å². The molecule has 0 spiro atoms. The van der Waals surface area contributed by atoms with Gasteiger partial charge in [-0.25, -0.2) is 0 Å². The first kappa shape index (κ1) is 22.3. The summed E-state index contributed by atoms with van der Waals surface area (Å²) < 4.78 is 6.93. The van der Waals surface area contributed by atoms with Crippen LogP contribution in [0.3, 0.4) is 0 Å². The zero-order valence-corrected chi connectivity index (χ0v) is 18.4. The molecule has 2 aromatic carbocycles. The molecule has 1 fully saturated rings. The summed E-state index contributed by atoms with van der Waals surface area (Å²) in [7, 11) is -2.36. The summed E-state index contributed by atoms with van der Waals surface area (Å²) in [6.07, 6.45) is 2.48. The molecule has 3 rings (SSSR count). The molecule has 0 radical (unpaired) electrons. The van der Waals surface area contributed by atoms with Gasteiger partial charge in [0.15, 0.2) is 0 Å². The van der Waals surface area contributed by atoms with Crippen LogP contribution in [0.25, 0.3) is 0 Å². The Hall–Kier alpha value is -1.95. The molecule has 152 valence electrons. The second-order valence-corrected chi connectivity index (χ2v) is 12.6. The van der Waals surface area contributed by atoms with Crippen LogP contribution in [0.4, 0.5) is 0 Å². The minimum atomic E-state index is -2.36. The first-order chi connectivity index (χ1) is 13.3. The highest BCUT2D eigenvalue weighted by molar-refractivity contribution is 6.99. The van der Waals surface area contributed by atoms with Gasteiger partial charge in [-0.3, -0.25) is 4.79 Å². The lowest BCUT2D eigenvalue weighted by atomic mass is 10.2. The summed E-state index contributed by atoms with van der Waals surface area (Å²) in [5.74, 6) is -0.833. The van der Waals surface area contributed by atoms with E-state index in [1.807, 2.05) is 0 Å². The average molecular weight is 400 g/mol. The molecule has 1 aliphatic rings. The lowest BCUT2D eigenvalue weighted by molar-refractivity contribution is -0.134. The van der Waals surface area contributed by atoms with E-state index in [9.17, 15) is 0 Å². The Morgan fingerprint density at radius 3 is 1.89 bits per heavy atom. The smallest absolute Gasteiger partial charge is 0.300 e. The van der Waals surface area contributed by atoms with Crippen molar-refractivity contribution >= 4 is 24.7 Å². The van der Waals surface area contributed by atoms with Crippen LogP contribution >= 0.6 is 0 Å². The molecule has 2 aromatic rings. The van der Waals surface area contributed by atoms with E-state index < -0.39 is 14.3 Å². The Labute approximate surface area is 170 Å². The van der Waals surface area contributed by atoms with Gasteiger partial charge in [0, 0.05) is 13.0 Å². The molecule has 1 heterocycles. The van der Waals surface area contributed by atoms with E-state index in [1.54, 1.807) is 0 Å². The maximum Gasteiger partial charge on any atom is 0.300 e. The quantitative estimate of drug-likeness (QED) is 0.757. The minimum absolute atomic E-state index is 0.0638. The summed E-state index contributed by atoms with van der Waals surface area (Å²) in [6.45, 7) is 10.0. The van der Waals surface area contributed by atoms with Crippen LogP contribution in [0.1, 0.15) is 40.5 Å². The van der Waals surface area contributed by atoms with Crippen LogP contribution in [0, 0.1) is 0 Å². The molecule has 1 aliphatic heterocycles. The molecule has 0 saturated carbocycles. The number of nitrogens with one attached hydrogen (secondary N) is 1. The van der Waals surface area contributed by atoms with Gasteiger partial charge >= 0.3 is 0 Å². The number of hydrogen-bond acceptors (Lipinski definition) is 3. The lowest BCUT2D eigenvalue weighted by Crippen LogP contribution is -2.67. The van der Waals surface area contributed by atoms with Gasteiger partial charge in [0.25, 0.3) is 14.3 Å². The molecule has 4 nitrogen and oxygen atoms in total. The molecule has 0 bridgehead atoms. The number of carboxylic acids is 1. The summed E-state index contributed by atoms with van der Waals surface area (Å²) in [4.78, 5) is 9.00. The van der Waals surface area contributed by atoms with Crippen LogP contribution in [0.2, 0.25) is 5.04 Å². The molecule has 1 atom stereocenters. The number of rotatable bonds is 5. The predicted octanol–water partition coefficient (Wildman–Crippen LogP) is 3.41. The van der Waals surface area contributed by atoms with Gasteiger partial charge in [-0.05, 0) is 34.8 Å². The molecule has 0 amide bonds. The monoisotopic (exact) mass is 399 g/mol. The normalized spacial score (nSPS) is 16.9. The summed E-state index contributed by atoms with van der Waals surface area (Å²) >= 11 is 0. The summed E-state index contributed by atoms with van der Waals surface area (Å²) in [5.41, 5.74) is 0. The third-order valence-corrected chi connectivity index (χ3v) is 10.1. The molecular formula is C23H33NO3Si. The van der Waals surface area contributed by atoms with E-state index in [0.717, 1.165) is 20.1 Å². The third kappa shape index (κ3) is 5.53. The third-order valence-electron chi connectivity index (χ3n) is 5.08. The van der Waals surface area contributed by atoms with E-state index in [-0.39, 0.29) is 5.04 Å². The number of hydrogen-bond donors (Lipinski definition) is 2. The highest BCUT2D eigenvalue weighted by Gasteiger charge is 2.50. The fraction of sp³-hybridized carbons (Fsp3) is 0.435. The van der Waals surface area contributed by atoms with E-state index >= 15 is 0 Å². The first-order valence-electron chi connectivity index (χ1n) is 9.95. The van der Waals surface area contributed by atoms with E-state index in [4.69, 9.17) is 14.3 Å². The van der Waals surface area contributed by atoms with Crippen LogP contribution in [0.5, 0.6) is 0 Å². The molecule has 0 aliphatic carbocycles. The van der Waals surface area contributed by atoms with Crippen molar-refractivity contribution in [3.05, 3.63) is 60.7 Å². The van der Waals surface area contributed by atoms with Crippen molar-refractivity contribution in [2.45, 2.75) is 51.6 Å². The maximum absolute atomic E-state index is 9.00. The van der Waals surface area contributed by atoms with E-state index in [0.29, 0.717) is 6.04 Å². The number of carbonyl (C=O) groups is 1. The standard InChI is InChI=1S/C21H29NOSi.C2H4O2/c1-21(2,3)24(19-12-6-4-7-13-19,20-14-8-5-9-15-20)23-17-18-11-10-16-22-18;1-2(3)4/h4-9,12-15,18,22H,10-11,16-17H2,1-3H3;1H3,(H,3,4)/t18-;/m0./s1. The van der Waals surface area contributed by atoms with Crippen molar-refractivity contribution in [1.29, 1.82) is 0 Å². The van der Waals surface area contributed by atoms with Crippen LogP contribution in [-0.4, -0.2) is 38.6 Å². The molecule has 0 aromatic heterocycles. The van der Waals surface area contributed by atoms with Crippen LogP contribution in [-0.2, 0) is 9.22 Å². The van der Waals surface area contributed by atoms with Gasteiger partial charge in [-0.15, -0.1) is 0 Å². The summed E-state index contributed by atoms with van der Waals surface area (Å²) in [6, 6.07) is 22.3. The predicted molar refractivity (Wildman–Crippen MR) is 118 cm³/mol. The van der Waals surface area contributed by atoms with Crippen molar-refractivity contribution in [3.63, 3.8) is 0 Å². The highest BCUT2D eigenvalue weighted by atomic mass is 28.4. The topological polar surface area (TPSA) is 58.6 Å². The number of carboxylic acid groups (broad SMARTS) is 1. The zero-order valence-electron chi connectivity index (χ0n) is 17.4. The Bertz CT molecular complexity index is 679. The SMILES string of the molecule is CC(=O)O.CC(C)(C)[Si](OC[C@@H]1CCCN1)(c1ccccc1)c1ccccc1. The largest absolute Gasteiger partial charge is 0.481 e. The average Bonchev–Trinajstić information content (AvgIpc) is 3.16. The van der Waals surface area contributed by atoms with Crippen LogP contribution < -0.4 is 15.7 Å². The second kappa shape index (κ2) is 10.0. The maximum atomic E-state index is 9.00. The molecule has 1 saturated heterocycles. The van der Waals surface area contributed by atoms with Crippen molar-refractivity contribution in [2.75, 3.05) is 13.2 Å². The van der Waals surface area contributed by atoms with Crippen LogP contribution in [0.15, 0.2) is 60.7 Å². The fourth-order valence-corrected chi connectivity index (χ4v) is 8.49. The molecule has 2 N–H and O–H groups in total. The van der Waals surface area contributed by atoms with Gasteiger partial charge in [0.2, 0.25) is 0 Å². The Morgan fingerprint density at radius 2 is 1.54 bits per heavy atom. The Kier molecular flexibility index (Phi) is 7.98. The molecular weight excluding hydrogens is 366 g/mol. The molecule has 28 heavy (non-hydrogen) atoms. The van der Waals surface area contributed by atoms with Gasteiger partial charge in [-0.1, -0.05) is 81.4 Å². The minimum Gasteiger partial charge on any atom is -0.481 e. The first-order valence-corrected chi connectivity index (χ1v) is 11.9. The van der Waals surface area contributed by atoms with Gasteiger partial charge in [0.1, 0.15) is 0 Å². The summed E-state index contributed by atoms with van der Waals surface area (Å²) in [5, 5.41) is 13.8. The van der Waals surface area contributed by atoms with E-state index in [2.05, 4.69) is 86.8 Å². The fourth-order valence-electron chi connectivity index (χ4n) is 3.89. The molecule has 5 heteroatoms. The van der Waals surface area contributed by atoms with Crippen molar-refractivity contribution in [2.24, 2.45) is 0 Å². The van der Waals surface area contributed by atoms with Crippen molar-refractivity contribution in [1.82, 2.24) is 5.32 Å². The van der Waals surface area contributed by atoms with Crippen molar-refractivity contribution < 1.29 is 14.3 Å². The molecule has 0 unspecified atom stereocenters. The zero-order chi connectivity index (χ0) is 20.6. The van der Waals surface area contributed by atoms with E-state index in [1.165, 1.54) is 23.2 Å². The van der Waals surface area contributed by atoms with Gasteiger partial charge in [0.05, 0.1) is 6.61 Å². The lowest BCUT2D eigenvalue weighted by Gasteiger charge is -2.43.